The first-order chi connectivity index (χ1) is 10.2. The van der Waals surface area contributed by atoms with E-state index in [1.54, 1.807) is 0 Å². The fourth-order valence-corrected chi connectivity index (χ4v) is 5.80. The summed E-state index contributed by atoms with van der Waals surface area (Å²) in [5, 5.41) is 0. The molecule has 0 radical (unpaired) electrons. The van der Waals surface area contributed by atoms with Gasteiger partial charge in [-0.25, -0.2) is 0 Å². The maximum absolute atomic E-state index is 4.47. The third-order valence-electron chi connectivity index (χ3n) is 5.48. The molecule has 124 valence electrons. The molecule has 1 aliphatic rings. The van der Waals surface area contributed by atoms with Gasteiger partial charge in [-0.3, -0.25) is 4.90 Å². The Morgan fingerprint density at radius 2 is 1.33 bits per heavy atom. The minimum atomic E-state index is -0.530. The second-order valence-electron chi connectivity index (χ2n) is 7.09. The van der Waals surface area contributed by atoms with Crippen LogP contribution in [0.15, 0.2) is 12.2 Å². The number of nitrogens with zero attached hydrogens (tertiary/aromatic N) is 1. The van der Waals surface area contributed by atoms with E-state index in [4.69, 9.17) is 0 Å². The summed E-state index contributed by atoms with van der Waals surface area (Å²) in [6.45, 7) is 14.2. The lowest BCUT2D eigenvalue weighted by Gasteiger charge is -2.31. The summed E-state index contributed by atoms with van der Waals surface area (Å²) >= 11 is 0. The molecule has 2 heteroatoms. The number of hydrogen-bond acceptors (Lipinski definition) is 1. The molecule has 0 amide bonds. The van der Waals surface area contributed by atoms with Crippen molar-refractivity contribution in [2.24, 2.45) is 0 Å². The summed E-state index contributed by atoms with van der Waals surface area (Å²) in [6.07, 6.45) is 11.5. The van der Waals surface area contributed by atoms with E-state index in [1.807, 2.05) is 0 Å². The normalized spacial score (nSPS) is 21.0. The summed E-state index contributed by atoms with van der Waals surface area (Å²) in [5.41, 5.74) is 1.53. The summed E-state index contributed by atoms with van der Waals surface area (Å²) < 4.78 is 0. The molecular formula is C19H39NSi. The van der Waals surface area contributed by atoms with Crippen LogP contribution >= 0.6 is 0 Å². The Labute approximate surface area is 135 Å². The van der Waals surface area contributed by atoms with Gasteiger partial charge in [-0.2, -0.15) is 0 Å². The van der Waals surface area contributed by atoms with Crippen molar-refractivity contribution < 1.29 is 0 Å². The Morgan fingerprint density at radius 3 is 1.76 bits per heavy atom. The van der Waals surface area contributed by atoms with Crippen LogP contribution in [0.5, 0.6) is 0 Å². The van der Waals surface area contributed by atoms with Gasteiger partial charge in [-0.05, 0) is 38.9 Å². The molecular weight excluding hydrogens is 270 g/mol. The van der Waals surface area contributed by atoms with Crippen molar-refractivity contribution in [1.29, 1.82) is 0 Å². The van der Waals surface area contributed by atoms with Crippen LogP contribution in [0.1, 0.15) is 72.1 Å². The lowest BCUT2D eigenvalue weighted by Crippen LogP contribution is -2.36. The van der Waals surface area contributed by atoms with Crippen LogP contribution in [0.2, 0.25) is 18.1 Å². The van der Waals surface area contributed by atoms with Crippen molar-refractivity contribution in [3.8, 4) is 0 Å². The minimum absolute atomic E-state index is 0.530. The fourth-order valence-electron chi connectivity index (χ4n) is 3.57. The molecule has 0 aromatic heterocycles. The molecule has 1 atom stereocenters. The largest absolute Gasteiger partial charge is 0.297 e. The zero-order valence-corrected chi connectivity index (χ0v) is 16.2. The zero-order chi connectivity index (χ0) is 15.5. The van der Waals surface area contributed by atoms with Gasteiger partial charge in [0.2, 0.25) is 0 Å². The van der Waals surface area contributed by atoms with Gasteiger partial charge in [0.05, 0.1) is 0 Å². The first-order valence-electron chi connectivity index (χ1n) is 9.60. The predicted molar refractivity (Wildman–Crippen MR) is 100 cm³/mol. The SMILES string of the molecule is C=C(C[SiH](CC)CC)C(C)N1CCCCCCCCCC1. The number of rotatable bonds is 6. The van der Waals surface area contributed by atoms with E-state index in [9.17, 15) is 0 Å². The third kappa shape index (κ3) is 7.65. The van der Waals surface area contributed by atoms with E-state index in [2.05, 4.69) is 32.3 Å². The molecule has 1 heterocycles. The van der Waals surface area contributed by atoms with E-state index >= 15 is 0 Å². The predicted octanol–water partition coefficient (Wildman–Crippen LogP) is 5.63. The smallest absolute Gasteiger partial charge is 0.0404 e. The molecule has 1 saturated heterocycles. The summed E-state index contributed by atoms with van der Waals surface area (Å²) in [4.78, 5) is 2.74. The second-order valence-corrected chi connectivity index (χ2v) is 10.9. The highest BCUT2D eigenvalue weighted by atomic mass is 28.3. The van der Waals surface area contributed by atoms with Crippen molar-refractivity contribution >= 4 is 8.80 Å². The second kappa shape index (κ2) is 11.5. The highest BCUT2D eigenvalue weighted by molar-refractivity contribution is 6.59. The van der Waals surface area contributed by atoms with Crippen LogP contribution in [-0.4, -0.2) is 32.8 Å². The molecule has 0 spiro atoms. The topological polar surface area (TPSA) is 3.24 Å². The third-order valence-corrected chi connectivity index (χ3v) is 8.90. The van der Waals surface area contributed by atoms with Crippen molar-refractivity contribution in [1.82, 2.24) is 4.90 Å². The van der Waals surface area contributed by atoms with Crippen LogP contribution in [0.25, 0.3) is 0 Å². The van der Waals surface area contributed by atoms with E-state index in [0.29, 0.717) is 6.04 Å². The molecule has 1 aliphatic heterocycles. The van der Waals surface area contributed by atoms with Crippen molar-refractivity contribution in [2.45, 2.75) is 96.3 Å². The van der Waals surface area contributed by atoms with Crippen LogP contribution < -0.4 is 0 Å². The van der Waals surface area contributed by atoms with Crippen LogP contribution in [0.3, 0.4) is 0 Å². The monoisotopic (exact) mass is 309 g/mol. The van der Waals surface area contributed by atoms with Crippen LogP contribution in [-0.2, 0) is 0 Å². The van der Waals surface area contributed by atoms with Gasteiger partial charge in [-0.1, -0.05) is 76.6 Å². The summed E-state index contributed by atoms with van der Waals surface area (Å²) in [7, 11) is -0.530. The van der Waals surface area contributed by atoms with Gasteiger partial charge in [0, 0.05) is 14.8 Å². The Kier molecular flexibility index (Phi) is 10.4. The quantitative estimate of drug-likeness (QED) is 0.453. The summed E-state index contributed by atoms with van der Waals surface area (Å²) in [6, 6.07) is 4.84. The highest BCUT2D eigenvalue weighted by Gasteiger charge is 2.18. The van der Waals surface area contributed by atoms with Gasteiger partial charge < -0.3 is 0 Å². The first-order valence-corrected chi connectivity index (χ1v) is 12.1. The number of hydrogen-bond donors (Lipinski definition) is 0. The maximum Gasteiger partial charge on any atom is 0.0404 e. The van der Waals surface area contributed by atoms with E-state index in [0.717, 1.165) is 0 Å². The van der Waals surface area contributed by atoms with Gasteiger partial charge in [0.25, 0.3) is 0 Å². The van der Waals surface area contributed by atoms with Gasteiger partial charge in [0.15, 0.2) is 0 Å². The molecule has 0 aliphatic carbocycles. The molecule has 0 aromatic carbocycles. The molecule has 0 aromatic rings. The molecule has 21 heavy (non-hydrogen) atoms. The Hall–Kier alpha value is -0.0831. The Bertz CT molecular complexity index is 261. The van der Waals surface area contributed by atoms with Gasteiger partial charge in [0.1, 0.15) is 0 Å². The lowest BCUT2D eigenvalue weighted by molar-refractivity contribution is 0.224. The zero-order valence-electron chi connectivity index (χ0n) is 15.0. The van der Waals surface area contributed by atoms with Crippen molar-refractivity contribution in [3.05, 3.63) is 12.2 Å². The average molecular weight is 310 g/mol. The Morgan fingerprint density at radius 1 is 0.905 bits per heavy atom. The van der Waals surface area contributed by atoms with Gasteiger partial charge >= 0.3 is 0 Å². The van der Waals surface area contributed by atoms with Crippen LogP contribution in [0.4, 0.5) is 0 Å². The van der Waals surface area contributed by atoms with E-state index in [1.165, 1.54) is 88.2 Å². The molecule has 1 fully saturated rings. The molecule has 0 N–H and O–H groups in total. The molecule has 0 saturated carbocycles. The molecule has 1 unspecified atom stereocenters. The fraction of sp³-hybridized carbons (Fsp3) is 0.895. The minimum Gasteiger partial charge on any atom is -0.297 e. The molecule has 1 nitrogen and oxygen atoms in total. The lowest BCUT2D eigenvalue weighted by atomic mass is 10.1. The summed E-state index contributed by atoms with van der Waals surface area (Å²) in [5.74, 6) is 0. The average Bonchev–Trinajstić information content (AvgIpc) is 2.56. The van der Waals surface area contributed by atoms with Crippen molar-refractivity contribution in [2.75, 3.05) is 13.1 Å². The molecule has 1 rings (SSSR count). The van der Waals surface area contributed by atoms with E-state index in [-0.39, 0.29) is 0 Å². The van der Waals surface area contributed by atoms with Crippen LogP contribution in [0, 0.1) is 0 Å². The standard InChI is InChI=1S/C19H39NSi/c1-5-21(6-2)17-18(3)19(4)20-15-13-11-9-7-8-10-12-14-16-20/h19,21H,3,5-17H2,1-2,4H3. The maximum atomic E-state index is 4.47. The van der Waals surface area contributed by atoms with Crippen molar-refractivity contribution in [3.63, 3.8) is 0 Å². The first kappa shape index (κ1) is 19.0. The highest BCUT2D eigenvalue weighted by Crippen LogP contribution is 2.21. The molecule has 0 bridgehead atoms. The van der Waals surface area contributed by atoms with E-state index < -0.39 is 8.80 Å². The van der Waals surface area contributed by atoms with Gasteiger partial charge in [-0.15, -0.1) is 0 Å². The Balaban J connectivity index is 2.49.